The molecule has 8 heteroatoms. The van der Waals surface area contributed by atoms with Crippen LogP contribution < -0.4 is 0 Å². The van der Waals surface area contributed by atoms with Gasteiger partial charge in [-0.3, -0.25) is 14.2 Å². The van der Waals surface area contributed by atoms with Gasteiger partial charge in [-0.25, -0.2) is 0 Å². The molecule has 0 radical (unpaired) electrons. The molecule has 0 spiro atoms. The van der Waals surface area contributed by atoms with E-state index in [9.17, 15) is 29.0 Å². The van der Waals surface area contributed by atoms with Gasteiger partial charge in [-0.05, 0) is 12.8 Å². The van der Waals surface area contributed by atoms with E-state index in [0.29, 0.717) is 12.8 Å². The summed E-state index contributed by atoms with van der Waals surface area (Å²) in [6.45, 7) is 4.50. The maximum absolute atomic E-state index is 13.5. The van der Waals surface area contributed by atoms with Crippen molar-refractivity contribution in [2.75, 3.05) is 21.1 Å². The smallest absolute Gasteiger partial charge is 0.366 e. The maximum Gasteiger partial charge on any atom is 0.371 e. The molecule has 0 aliphatic carbocycles. The quantitative estimate of drug-likeness (QED) is 0.0335. The largest absolute Gasteiger partial charge is 0.371 e. The summed E-state index contributed by atoms with van der Waals surface area (Å²) >= 11 is 0. The summed E-state index contributed by atoms with van der Waals surface area (Å²) in [5.74, 6) is -1.35. The van der Waals surface area contributed by atoms with Crippen molar-refractivity contribution in [2.24, 2.45) is 0 Å². The summed E-state index contributed by atoms with van der Waals surface area (Å²) in [5, 5.41) is 8.47. The Morgan fingerprint density at radius 2 is 0.735 bits per heavy atom. The summed E-state index contributed by atoms with van der Waals surface area (Å²) in [7, 11) is -0.481. The van der Waals surface area contributed by atoms with Gasteiger partial charge in [-0.1, -0.05) is 194 Å². The van der Waals surface area contributed by atoms with Crippen LogP contribution in [0.2, 0.25) is 0 Å². The first-order valence-corrected chi connectivity index (χ1v) is 22.6. The zero-order chi connectivity index (χ0) is 36.9. The Hall–Kier alpha value is -0.590. The van der Waals surface area contributed by atoms with Gasteiger partial charge in [-0.15, -0.1) is 0 Å². The van der Waals surface area contributed by atoms with Gasteiger partial charge < -0.3 is 19.4 Å². The maximum atomic E-state index is 13.5. The Morgan fingerprint density at radius 1 is 0.490 bits per heavy atom. The van der Waals surface area contributed by atoms with Crippen LogP contribution in [0.3, 0.4) is 0 Å². The van der Waals surface area contributed by atoms with Gasteiger partial charge in [-0.2, -0.15) is 0 Å². The molecule has 0 aliphatic rings. The lowest BCUT2D eigenvalue weighted by atomic mass is 9.92. The molecule has 0 aromatic carbocycles. The number of quaternary nitrogens is 1. The van der Waals surface area contributed by atoms with Crippen molar-refractivity contribution in [1.82, 2.24) is 0 Å². The van der Waals surface area contributed by atoms with Crippen LogP contribution in [-0.4, -0.2) is 63.5 Å². The van der Waals surface area contributed by atoms with Crippen LogP contribution in [0.1, 0.15) is 219 Å². The molecule has 0 fully saturated rings. The molecule has 2 unspecified atom stereocenters. The number of hydrogen-bond acceptors (Lipinski definition) is 4. The number of nitrogens with zero attached hydrogens (tertiary/aromatic N) is 1. The van der Waals surface area contributed by atoms with Gasteiger partial charge in [0.15, 0.2) is 17.6 Å². The molecule has 0 heterocycles. The fourth-order valence-corrected chi connectivity index (χ4v) is 8.56. The highest BCUT2D eigenvalue weighted by Crippen LogP contribution is 2.54. The van der Waals surface area contributed by atoms with Crippen molar-refractivity contribution in [3.63, 3.8) is 0 Å². The van der Waals surface area contributed by atoms with Crippen molar-refractivity contribution < 1.29 is 33.5 Å². The molecule has 0 amide bonds. The lowest BCUT2D eigenvalue weighted by Crippen LogP contribution is -2.65. The van der Waals surface area contributed by atoms with E-state index in [1.54, 1.807) is 21.1 Å². The highest BCUT2D eigenvalue weighted by atomic mass is 31.2. The molecular weight excluding hydrogens is 633 g/mol. The molecule has 0 saturated carbocycles. The predicted octanol–water partition coefficient (Wildman–Crippen LogP) is 11.6. The van der Waals surface area contributed by atoms with E-state index >= 15 is 0 Å². The molecule has 0 saturated heterocycles. The molecule has 292 valence electrons. The van der Waals surface area contributed by atoms with Crippen molar-refractivity contribution in [2.45, 2.75) is 231 Å². The first-order chi connectivity index (χ1) is 23.3. The zero-order valence-electron chi connectivity index (χ0n) is 33.2. The fraction of sp³-hybridized carbons (Fsp3) is 0.951. The van der Waals surface area contributed by atoms with E-state index < -0.39 is 30.5 Å². The summed E-state index contributed by atoms with van der Waals surface area (Å²) in [6.07, 6.45) is 35.7. The van der Waals surface area contributed by atoms with Gasteiger partial charge in [0.05, 0.1) is 21.1 Å². The Balaban J connectivity index is 4.46. The first-order valence-electron chi connectivity index (χ1n) is 21.0. The van der Waals surface area contributed by atoms with E-state index in [2.05, 4.69) is 13.8 Å². The minimum absolute atomic E-state index is 0.104. The summed E-state index contributed by atoms with van der Waals surface area (Å²) in [6, 6.07) is -1.51. The SMILES string of the molecule is CCCCCCCCCCCCCCCCCC(=O)C(C(O)(C(=O)CCCCCCCCCCCCCCCCC)P(=O)(O)O)[N+](C)(C)C. The number of unbranched alkanes of at least 4 members (excludes halogenated alkanes) is 28. The number of Topliss-reactive ketones (excluding diaryl/α,β-unsaturated/α-hetero) is 2. The number of aliphatic hydroxyl groups is 1. The van der Waals surface area contributed by atoms with Crippen LogP contribution >= 0.6 is 7.60 Å². The monoisotopic (exact) mass is 717 g/mol. The van der Waals surface area contributed by atoms with Crippen LogP contribution in [0.25, 0.3) is 0 Å². The van der Waals surface area contributed by atoms with E-state index in [-0.39, 0.29) is 17.3 Å². The third-order valence-electron chi connectivity index (χ3n) is 10.3. The van der Waals surface area contributed by atoms with Crippen LogP contribution in [0, 0.1) is 0 Å². The second kappa shape index (κ2) is 29.9. The minimum atomic E-state index is -5.35. The Kier molecular flexibility index (Phi) is 29.6. The average Bonchev–Trinajstić information content (AvgIpc) is 3.03. The van der Waals surface area contributed by atoms with Crippen molar-refractivity contribution >= 4 is 19.2 Å². The Bertz CT molecular complexity index is 853. The highest BCUT2D eigenvalue weighted by molar-refractivity contribution is 7.54. The summed E-state index contributed by atoms with van der Waals surface area (Å²) < 4.78 is 12.5. The molecule has 0 bridgehead atoms. The molecule has 0 rings (SSSR count). The van der Waals surface area contributed by atoms with Gasteiger partial charge in [0.25, 0.3) is 5.34 Å². The minimum Gasteiger partial charge on any atom is -0.366 e. The number of hydrogen-bond donors (Lipinski definition) is 3. The van der Waals surface area contributed by atoms with E-state index in [1.165, 1.54) is 135 Å². The highest BCUT2D eigenvalue weighted by Gasteiger charge is 2.64. The third-order valence-corrected chi connectivity index (χ3v) is 11.7. The zero-order valence-corrected chi connectivity index (χ0v) is 34.1. The molecule has 49 heavy (non-hydrogen) atoms. The predicted molar refractivity (Wildman–Crippen MR) is 208 cm³/mol. The Morgan fingerprint density at radius 3 is 0.980 bits per heavy atom. The van der Waals surface area contributed by atoms with Crippen LogP contribution in [0.5, 0.6) is 0 Å². The molecular formula is C41H83NO6P+. The number of likely N-dealkylation sites (N-methyl/N-ethyl adjacent to an activating group) is 1. The fourth-order valence-electron chi connectivity index (χ4n) is 7.32. The first kappa shape index (κ1) is 48.4. The van der Waals surface area contributed by atoms with Gasteiger partial charge in [0.2, 0.25) is 0 Å². The molecule has 3 N–H and O–H groups in total. The topological polar surface area (TPSA) is 112 Å². The van der Waals surface area contributed by atoms with Crippen LogP contribution in [0.15, 0.2) is 0 Å². The van der Waals surface area contributed by atoms with Crippen molar-refractivity contribution in [3.05, 3.63) is 0 Å². The summed E-state index contributed by atoms with van der Waals surface area (Å²) in [5.41, 5.74) is 0. The van der Waals surface area contributed by atoms with Gasteiger partial charge in [0.1, 0.15) is 0 Å². The van der Waals surface area contributed by atoms with Gasteiger partial charge >= 0.3 is 7.60 Å². The number of ketones is 2. The lowest BCUT2D eigenvalue weighted by Gasteiger charge is -2.42. The molecule has 0 aliphatic heterocycles. The van der Waals surface area contributed by atoms with Crippen molar-refractivity contribution in [3.8, 4) is 0 Å². The average molecular weight is 717 g/mol. The number of rotatable bonds is 37. The second-order valence-corrected chi connectivity index (χ2v) is 17.8. The normalized spacial score (nSPS) is 14.2. The van der Waals surface area contributed by atoms with Crippen molar-refractivity contribution in [1.29, 1.82) is 0 Å². The lowest BCUT2D eigenvalue weighted by molar-refractivity contribution is -0.890. The molecule has 7 nitrogen and oxygen atoms in total. The van der Waals surface area contributed by atoms with Gasteiger partial charge in [0, 0.05) is 12.8 Å². The van der Waals surface area contributed by atoms with E-state index in [4.69, 9.17) is 0 Å². The Labute approximate surface area is 303 Å². The molecule has 0 aromatic rings. The van der Waals surface area contributed by atoms with E-state index in [1.807, 2.05) is 0 Å². The third kappa shape index (κ3) is 23.6. The second-order valence-electron chi connectivity index (χ2n) is 16.1. The van der Waals surface area contributed by atoms with E-state index in [0.717, 1.165) is 44.9 Å². The summed E-state index contributed by atoms with van der Waals surface area (Å²) in [4.78, 5) is 47.4. The molecule has 2 atom stereocenters. The number of carbonyl (C=O) groups excluding carboxylic acids is 2. The van der Waals surface area contributed by atoms with Crippen LogP contribution in [0.4, 0.5) is 0 Å². The number of carbonyl (C=O) groups is 2. The van der Waals surface area contributed by atoms with Crippen LogP contribution in [-0.2, 0) is 14.2 Å². The standard InChI is InChI=1S/C41H82NO6P/c1-6-8-10-12-14-16-18-20-22-24-26-28-30-32-34-36-38(43)40(42(3,4)5)41(45,49(46,47)48)39(44)37-35-33-31-29-27-25-23-21-19-17-15-13-11-9-7-2/h40,45H,6-37H2,1-5H3,(H-,46,47,48)/p+1. The molecule has 0 aromatic heterocycles.